The van der Waals surface area contributed by atoms with Crippen LogP contribution in [0.1, 0.15) is 29.8 Å². The van der Waals surface area contributed by atoms with Gasteiger partial charge in [0.25, 0.3) is 11.5 Å². The average Bonchev–Trinajstić information content (AvgIpc) is 2.54. The number of aliphatic hydroxyl groups is 1. The lowest BCUT2D eigenvalue weighted by Gasteiger charge is -2.13. The number of halogens is 1. The van der Waals surface area contributed by atoms with Crippen LogP contribution >= 0.6 is 0 Å². The molecule has 6 nitrogen and oxygen atoms in total. The second-order valence-corrected chi connectivity index (χ2v) is 4.83. The van der Waals surface area contributed by atoms with Crippen LogP contribution < -0.4 is 16.6 Å². The lowest BCUT2D eigenvalue weighted by atomic mass is 10.1. The lowest BCUT2D eigenvalue weighted by molar-refractivity contribution is 0.1000. The number of aryl methyl sites for hydroxylation is 1. The molecule has 0 atom stereocenters. The molecule has 2 aromatic rings. The fourth-order valence-electron chi connectivity index (χ4n) is 2.02. The number of carbonyl (C=O) groups excluding carboxylic acids is 1. The molecule has 1 aromatic heterocycles. The van der Waals surface area contributed by atoms with Crippen LogP contribution in [0.2, 0.25) is 0 Å². The van der Waals surface area contributed by atoms with Gasteiger partial charge in [-0.25, -0.2) is 4.39 Å². The molecule has 4 N–H and O–H groups in total. The van der Waals surface area contributed by atoms with Gasteiger partial charge in [0.2, 0.25) is 0 Å². The van der Waals surface area contributed by atoms with Crippen molar-refractivity contribution < 1.29 is 14.3 Å². The molecule has 1 amide bonds. The van der Waals surface area contributed by atoms with E-state index in [1.165, 1.54) is 18.3 Å². The molecule has 0 spiro atoms. The molecule has 0 aliphatic heterocycles. The van der Waals surface area contributed by atoms with Crippen molar-refractivity contribution in [2.75, 3.05) is 11.9 Å². The summed E-state index contributed by atoms with van der Waals surface area (Å²) in [5.41, 5.74) is 5.89. The fraction of sp³-hybridized carbons (Fsp3) is 0.294. The van der Waals surface area contributed by atoms with E-state index in [9.17, 15) is 14.0 Å². The third-order valence-corrected chi connectivity index (χ3v) is 3.13. The van der Waals surface area contributed by atoms with E-state index in [0.717, 1.165) is 16.2 Å². The van der Waals surface area contributed by atoms with Crippen molar-refractivity contribution in [1.29, 1.82) is 0 Å². The van der Waals surface area contributed by atoms with Crippen LogP contribution in [0.3, 0.4) is 0 Å². The predicted octanol–water partition coefficient (Wildman–Crippen LogP) is 2.16. The van der Waals surface area contributed by atoms with Crippen LogP contribution in [-0.2, 0) is 6.54 Å². The van der Waals surface area contributed by atoms with Gasteiger partial charge in [-0.3, -0.25) is 9.59 Å². The van der Waals surface area contributed by atoms with Crippen LogP contribution in [0, 0.1) is 12.7 Å². The third-order valence-electron chi connectivity index (χ3n) is 3.13. The van der Waals surface area contributed by atoms with Gasteiger partial charge in [-0.05, 0) is 24.6 Å². The normalized spacial score (nSPS) is 9.88. The van der Waals surface area contributed by atoms with Crippen molar-refractivity contribution in [2.45, 2.75) is 27.3 Å². The first-order valence-corrected chi connectivity index (χ1v) is 7.60. The third kappa shape index (κ3) is 4.66. The summed E-state index contributed by atoms with van der Waals surface area (Å²) in [5, 5.41) is 11.6. The minimum absolute atomic E-state index is 0.0352. The molecule has 1 aromatic carbocycles. The maximum atomic E-state index is 13.9. The van der Waals surface area contributed by atoms with Crippen molar-refractivity contribution >= 4 is 17.3 Å². The van der Waals surface area contributed by atoms with Crippen LogP contribution in [0.5, 0.6) is 0 Å². The summed E-state index contributed by atoms with van der Waals surface area (Å²) in [6.45, 7) is 5.54. The van der Waals surface area contributed by atoms with E-state index in [0.29, 0.717) is 0 Å². The first-order chi connectivity index (χ1) is 11.4. The SMILES string of the molecule is CC.Cc1ccc(Nc2cc(=O)n(CCO)cc2C(N)=O)c(F)c1. The number of aliphatic hydroxyl groups excluding tert-OH is 1. The average molecular weight is 335 g/mol. The zero-order chi connectivity index (χ0) is 18.3. The Morgan fingerprint density at radius 3 is 2.50 bits per heavy atom. The van der Waals surface area contributed by atoms with E-state index in [-0.39, 0.29) is 30.1 Å². The number of aromatic nitrogens is 1. The molecule has 1 heterocycles. The second kappa shape index (κ2) is 8.83. The smallest absolute Gasteiger partial charge is 0.252 e. The van der Waals surface area contributed by atoms with Gasteiger partial charge in [0.05, 0.1) is 23.5 Å². The predicted molar refractivity (Wildman–Crippen MR) is 92.1 cm³/mol. The maximum absolute atomic E-state index is 13.9. The van der Waals surface area contributed by atoms with Crippen LogP contribution in [0.25, 0.3) is 0 Å². The first-order valence-electron chi connectivity index (χ1n) is 7.60. The van der Waals surface area contributed by atoms with Gasteiger partial charge in [0, 0.05) is 18.8 Å². The molecule has 0 bridgehead atoms. The lowest BCUT2D eigenvalue weighted by Crippen LogP contribution is -2.25. The van der Waals surface area contributed by atoms with Crippen LogP contribution in [0.15, 0.2) is 35.3 Å². The van der Waals surface area contributed by atoms with Crippen molar-refractivity contribution in [3.05, 3.63) is 57.8 Å². The number of primary amides is 1. The summed E-state index contributed by atoms with van der Waals surface area (Å²) in [5.74, 6) is -1.27. The Kier molecular flexibility index (Phi) is 7.13. The van der Waals surface area contributed by atoms with E-state index in [1.54, 1.807) is 13.0 Å². The van der Waals surface area contributed by atoms with Crippen molar-refractivity contribution in [2.24, 2.45) is 5.73 Å². The van der Waals surface area contributed by atoms with Gasteiger partial charge < -0.3 is 20.7 Å². The summed E-state index contributed by atoms with van der Waals surface area (Å²) in [6, 6.07) is 5.69. The topological polar surface area (TPSA) is 97.3 Å². The van der Waals surface area contributed by atoms with Crippen LogP contribution in [-0.4, -0.2) is 22.2 Å². The van der Waals surface area contributed by atoms with E-state index in [1.807, 2.05) is 13.8 Å². The molecule has 0 saturated heterocycles. The van der Waals surface area contributed by atoms with E-state index >= 15 is 0 Å². The first kappa shape index (κ1) is 19.4. The summed E-state index contributed by atoms with van der Waals surface area (Å²) >= 11 is 0. The zero-order valence-electron chi connectivity index (χ0n) is 14.0. The summed E-state index contributed by atoms with van der Waals surface area (Å²) < 4.78 is 15.0. The highest BCUT2D eigenvalue weighted by Gasteiger charge is 2.13. The fourth-order valence-corrected chi connectivity index (χ4v) is 2.02. The summed E-state index contributed by atoms with van der Waals surface area (Å²) in [4.78, 5) is 23.4. The number of nitrogens with one attached hydrogen (secondary N) is 1. The number of rotatable bonds is 5. The number of nitrogens with zero attached hydrogens (tertiary/aromatic N) is 1. The molecular weight excluding hydrogens is 313 g/mol. The maximum Gasteiger partial charge on any atom is 0.252 e. The summed E-state index contributed by atoms with van der Waals surface area (Å²) in [7, 11) is 0. The van der Waals surface area contributed by atoms with Gasteiger partial charge in [-0.1, -0.05) is 19.9 Å². The van der Waals surface area contributed by atoms with E-state index in [4.69, 9.17) is 10.8 Å². The molecule has 7 heteroatoms. The Labute approximate surface area is 139 Å². The van der Waals surface area contributed by atoms with Gasteiger partial charge in [0.15, 0.2) is 0 Å². The van der Waals surface area contributed by atoms with Gasteiger partial charge in [-0.15, -0.1) is 0 Å². The molecule has 130 valence electrons. The zero-order valence-corrected chi connectivity index (χ0v) is 14.0. The monoisotopic (exact) mass is 335 g/mol. The number of carbonyl (C=O) groups is 1. The number of hydrogen-bond acceptors (Lipinski definition) is 4. The second-order valence-electron chi connectivity index (χ2n) is 4.83. The molecule has 0 fully saturated rings. The van der Waals surface area contributed by atoms with E-state index in [2.05, 4.69) is 5.32 Å². The Hall–Kier alpha value is -2.67. The summed E-state index contributed by atoms with van der Waals surface area (Å²) in [6.07, 6.45) is 1.25. The highest BCUT2D eigenvalue weighted by Crippen LogP contribution is 2.22. The molecule has 2 rings (SSSR count). The highest BCUT2D eigenvalue weighted by molar-refractivity contribution is 5.98. The number of amides is 1. The number of pyridine rings is 1. The minimum Gasteiger partial charge on any atom is -0.395 e. The van der Waals surface area contributed by atoms with E-state index < -0.39 is 17.3 Å². The highest BCUT2D eigenvalue weighted by atomic mass is 19.1. The van der Waals surface area contributed by atoms with Gasteiger partial charge in [0.1, 0.15) is 5.82 Å². The molecule has 0 saturated carbocycles. The van der Waals surface area contributed by atoms with Gasteiger partial charge in [-0.2, -0.15) is 0 Å². The standard InChI is InChI=1S/C15H16FN3O3.C2H6/c1-9-2-3-12(11(16)6-9)18-13-7-14(21)19(4-5-20)8-10(13)15(17)22;1-2/h2-3,6-8,18,20H,4-5H2,1H3,(H2,17,22);1-2H3. The van der Waals surface area contributed by atoms with Gasteiger partial charge >= 0.3 is 0 Å². The Balaban J connectivity index is 0.00000139. The molecular formula is C17H22FN3O3. The van der Waals surface area contributed by atoms with Crippen LogP contribution in [0.4, 0.5) is 15.8 Å². The van der Waals surface area contributed by atoms with Crippen molar-refractivity contribution in [1.82, 2.24) is 4.57 Å². The Morgan fingerprint density at radius 1 is 1.29 bits per heavy atom. The number of anilines is 2. The van der Waals surface area contributed by atoms with Crippen molar-refractivity contribution in [3.63, 3.8) is 0 Å². The quantitative estimate of drug-likeness (QED) is 0.780. The number of benzene rings is 1. The molecule has 0 aliphatic carbocycles. The molecule has 24 heavy (non-hydrogen) atoms. The molecule has 0 aliphatic rings. The Bertz CT molecular complexity index is 772. The minimum atomic E-state index is -0.762. The molecule has 0 unspecified atom stereocenters. The largest absolute Gasteiger partial charge is 0.395 e. The number of nitrogens with two attached hydrogens (primary N) is 1. The molecule has 0 radical (unpaired) electrons. The Morgan fingerprint density at radius 2 is 1.96 bits per heavy atom. The number of hydrogen-bond donors (Lipinski definition) is 3. The van der Waals surface area contributed by atoms with Crippen molar-refractivity contribution in [3.8, 4) is 0 Å².